The van der Waals surface area contributed by atoms with Crippen molar-refractivity contribution < 1.29 is 13.9 Å². The van der Waals surface area contributed by atoms with E-state index >= 15 is 0 Å². The van der Waals surface area contributed by atoms with Crippen LogP contribution in [0.4, 0.5) is 16.0 Å². The van der Waals surface area contributed by atoms with Gasteiger partial charge in [-0.2, -0.15) is 0 Å². The number of carbonyl (C=O) groups is 1. The molecule has 0 aliphatic heterocycles. The molecule has 1 aliphatic carbocycles. The molecule has 2 heterocycles. The van der Waals surface area contributed by atoms with Crippen molar-refractivity contribution in [2.75, 3.05) is 17.7 Å². The maximum Gasteiger partial charge on any atom is 0.381 e. The molecule has 1 aliphatic rings. The second kappa shape index (κ2) is 9.15. The number of ether oxygens (including phenoxy) is 1. The van der Waals surface area contributed by atoms with Crippen LogP contribution in [0.25, 0.3) is 0 Å². The fourth-order valence-corrected chi connectivity index (χ4v) is 3.32. The predicted molar refractivity (Wildman–Crippen MR) is 111 cm³/mol. The summed E-state index contributed by atoms with van der Waals surface area (Å²) < 4.78 is 10.2. The molecule has 4 N–H and O–H groups in total. The van der Waals surface area contributed by atoms with Crippen molar-refractivity contribution in [3.05, 3.63) is 46.7 Å². The smallest absolute Gasteiger partial charge is 0.381 e. The standard InChI is InChI=1S/C18H20N6O4S/c1-10(7-8-19)20-17-23-24-18(29-17)22-15(25)13-9-12(14(27-2)16(26)28-13)21-11-5-3-4-6-11/h3-4,7-9,11,21H,5-6,19H2,1-2H3,(H,22,24,25)/b8-7-,20-10+. The van der Waals surface area contributed by atoms with E-state index in [-0.39, 0.29) is 22.7 Å². The van der Waals surface area contributed by atoms with Crippen molar-refractivity contribution in [2.45, 2.75) is 25.8 Å². The molecular weight excluding hydrogens is 396 g/mol. The number of aliphatic imine (C=N–C) groups is 1. The number of allylic oxidation sites excluding steroid dienone is 1. The molecular formula is C18H20N6O4S. The van der Waals surface area contributed by atoms with Crippen LogP contribution in [0.2, 0.25) is 0 Å². The highest BCUT2D eigenvalue weighted by atomic mass is 32.1. The predicted octanol–water partition coefficient (Wildman–Crippen LogP) is 2.45. The van der Waals surface area contributed by atoms with Gasteiger partial charge in [0.25, 0.3) is 5.91 Å². The van der Waals surface area contributed by atoms with Crippen LogP contribution < -0.4 is 26.7 Å². The van der Waals surface area contributed by atoms with Gasteiger partial charge in [0.05, 0.1) is 12.8 Å². The third-order valence-corrected chi connectivity index (χ3v) is 4.68. The quantitative estimate of drug-likeness (QED) is 0.461. The number of hydrogen-bond donors (Lipinski definition) is 3. The Labute approximate surface area is 170 Å². The highest BCUT2D eigenvalue weighted by Crippen LogP contribution is 2.27. The highest BCUT2D eigenvalue weighted by Gasteiger charge is 2.21. The van der Waals surface area contributed by atoms with E-state index in [1.54, 1.807) is 13.0 Å². The summed E-state index contributed by atoms with van der Waals surface area (Å²) in [5.74, 6) is -0.793. The van der Waals surface area contributed by atoms with Crippen molar-refractivity contribution in [3.63, 3.8) is 0 Å². The lowest BCUT2D eigenvalue weighted by Gasteiger charge is -2.16. The number of anilines is 2. The van der Waals surface area contributed by atoms with Gasteiger partial charge in [-0.15, -0.1) is 10.2 Å². The first-order valence-corrected chi connectivity index (χ1v) is 9.54. The fraction of sp³-hybridized carbons (Fsp3) is 0.278. The molecule has 0 spiro atoms. The summed E-state index contributed by atoms with van der Waals surface area (Å²) in [6.45, 7) is 1.75. The number of amides is 1. The van der Waals surface area contributed by atoms with Gasteiger partial charge in [-0.25, -0.2) is 9.79 Å². The summed E-state index contributed by atoms with van der Waals surface area (Å²) in [7, 11) is 1.37. The van der Waals surface area contributed by atoms with Gasteiger partial charge in [0.1, 0.15) is 0 Å². The minimum absolute atomic E-state index is 0.0180. The van der Waals surface area contributed by atoms with Gasteiger partial charge in [-0.05, 0) is 32.0 Å². The van der Waals surface area contributed by atoms with E-state index in [4.69, 9.17) is 14.9 Å². The number of nitrogens with one attached hydrogen (secondary N) is 2. The minimum atomic E-state index is -0.750. The van der Waals surface area contributed by atoms with Crippen LogP contribution in [0.5, 0.6) is 5.75 Å². The normalized spacial score (nSPS) is 14.5. The van der Waals surface area contributed by atoms with E-state index in [0.717, 1.165) is 24.2 Å². The Morgan fingerprint density at radius 1 is 1.41 bits per heavy atom. The zero-order valence-electron chi connectivity index (χ0n) is 15.8. The number of hydrogen-bond acceptors (Lipinski definition) is 10. The molecule has 3 rings (SSSR count). The van der Waals surface area contributed by atoms with Crippen molar-refractivity contribution in [3.8, 4) is 5.75 Å². The highest BCUT2D eigenvalue weighted by molar-refractivity contribution is 7.18. The Morgan fingerprint density at radius 3 is 2.86 bits per heavy atom. The van der Waals surface area contributed by atoms with E-state index in [1.807, 2.05) is 12.2 Å². The monoisotopic (exact) mass is 416 g/mol. The maximum absolute atomic E-state index is 12.5. The van der Waals surface area contributed by atoms with Crippen LogP contribution in [0.15, 0.2) is 44.7 Å². The molecule has 0 aromatic carbocycles. The molecule has 152 valence electrons. The van der Waals surface area contributed by atoms with E-state index < -0.39 is 11.5 Å². The van der Waals surface area contributed by atoms with Gasteiger partial charge in [-0.1, -0.05) is 23.5 Å². The fourth-order valence-electron chi connectivity index (χ4n) is 2.65. The average Bonchev–Trinajstić information content (AvgIpc) is 3.34. The molecule has 0 fully saturated rings. The van der Waals surface area contributed by atoms with Crippen molar-refractivity contribution in [1.29, 1.82) is 0 Å². The molecule has 11 heteroatoms. The largest absolute Gasteiger partial charge is 0.488 e. The summed E-state index contributed by atoms with van der Waals surface area (Å²) in [4.78, 5) is 29.0. The topological polar surface area (TPSA) is 145 Å². The van der Waals surface area contributed by atoms with Gasteiger partial charge < -0.3 is 20.2 Å². The van der Waals surface area contributed by atoms with Crippen LogP contribution in [0.1, 0.15) is 30.3 Å². The lowest BCUT2D eigenvalue weighted by atomic mass is 10.2. The zero-order chi connectivity index (χ0) is 20.8. The molecule has 2 aromatic heterocycles. The Bertz CT molecular complexity index is 1030. The van der Waals surface area contributed by atoms with Crippen molar-refractivity contribution in [2.24, 2.45) is 10.7 Å². The lowest BCUT2D eigenvalue weighted by molar-refractivity contribution is 0.0991. The molecule has 2 aromatic rings. The second-order valence-corrected chi connectivity index (χ2v) is 7.04. The third kappa shape index (κ3) is 5.08. The van der Waals surface area contributed by atoms with Gasteiger partial charge in [0.2, 0.25) is 16.0 Å². The van der Waals surface area contributed by atoms with Crippen LogP contribution in [-0.4, -0.2) is 35.0 Å². The molecule has 0 atom stereocenters. The van der Waals surface area contributed by atoms with Gasteiger partial charge in [0, 0.05) is 17.8 Å². The average molecular weight is 416 g/mol. The number of carbonyl (C=O) groups excluding carboxylic acids is 1. The molecule has 0 bridgehead atoms. The number of nitrogens with two attached hydrogens (primary N) is 1. The summed E-state index contributed by atoms with van der Waals surface area (Å²) in [6.07, 6.45) is 8.70. The van der Waals surface area contributed by atoms with Crippen LogP contribution in [0, 0.1) is 0 Å². The van der Waals surface area contributed by atoms with E-state index in [9.17, 15) is 9.59 Å². The Balaban J connectivity index is 1.78. The second-order valence-electron chi connectivity index (χ2n) is 6.09. The Kier molecular flexibility index (Phi) is 6.39. The summed E-state index contributed by atoms with van der Waals surface area (Å²) in [5.41, 5.74) is 5.60. The van der Waals surface area contributed by atoms with E-state index in [1.165, 1.54) is 19.4 Å². The van der Waals surface area contributed by atoms with E-state index in [2.05, 4.69) is 25.8 Å². The van der Waals surface area contributed by atoms with Gasteiger partial charge in [-0.3, -0.25) is 10.1 Å². The van der Waals surface area contributed by atoms with Gasteiger partial charge in [0.15, 0.2) is 5.76 Å². The van der Waals surface area contributed by atoms with E-state index in [0.29, 0.717) is 16.5 Å². The summed E-state index contributed by atoms with van der Waals surface area (Å²) in [6, 6.07) is 1.56. The SMILES string of the molecule is COc1c(NC2CC=CC2)cc(C(=O)Nc2nnc(/N=C(C)/C=C\N)s2)oc1=O. The first kappa shape index (κ1) is 20.3. The summed E-state index contributed by atoms with van der Waals surface area (Å²) in [5, 5.41) is 14.1. The summed E-state index contributed by atoms with van der Waals surface area (Å²) >= 11 is 1.07. The molecule has 0 unspecified atom stereocenters. The minimum Gasteiger partial charge on any atom is -0.488 e. The molecule has 10 nitrogen and oxygen atoms in total. The van der Waals surface area contributed by atoms with Crippen molar-refractivity contribution >= 4 is 38.9 Å². The molecule has 29 heavy (non-hydrogen) atoms. The zero-order valence-corrected chi connectivity index (χ0v) is 16.7. The number of methoxy groups -OCH3 is 1. The van der Waals surface area contributed by atoms with Crippen LogP contribution in [-0.2, 0) is 0 Å². The molecule has 0 radical (unpaired) electrons. The van der Waals surface area contributed by atoms with Gasteiger partial charge >= 0.3 is 5.63 Å². The molecule has 1 amide bonds. The number of nitrogens with zero attached hydrogens (tertiary/aromatic N) is 3. The maximum atomic E-state index is 12.5. The van der Waals surface area contributed by atoms with Crippen LogP contribution >= 0.6 is 11.3 Å². The Morgan fingerprint density at radius 2 is 2.17 bits per heavy atom. The molecule has 0 saturated heterocycles. The first-order valence-electron chi connectivity index (χ1n) is 8.72. The van der Waals surface area contributed by atoms with Crippen molar-refractivity contribution in [1.82, 2.24) is 10.2 Å². The number of rotatable bonds is 7. The lowest BCUT2D eigenvalue weighted by Crippen LogP contribution is -2.21. The molecule has 0 saturated carbocycles. The Hall–Kier alpha value is -3.47. The first-order chi connectivity index (χ1) is 14.0. The van der Waals surface area contributed by atoms with Crippen LogP contribution in [0.3, 0.4) is 0 Å². The number of aromatic nitrogens is 2. The third-order valence-electron chi connectivity index (χ3n) is 3.95.